The Morgan fingerprint density at radius 2 is 1.74 bits per heavy atom. The van der Waals surface area contributed by atoms with Crippen molar-refractivity contribution in [2.75, 3.05) is 13.7 Å². The monoisotopic (exact) mass is 462 g/mol. The van der Waals surface area contributed by atoms with Crippen LogP contribution in [0.15, 0.2) is 66.2 Å². The Balaban J connectivity index is 1.81. The van der Waals surface area contributed by atoms with Crippen LogP contribution in [0.5, 0.6) is 5.75 Å². The third-order valence-corrected chi connectivity index (χ3v) is 6.37. The molecule has 2 amide bonds. The van der Waals surface area contributed by atoms with Crippen molar-refractivity contribution < 1.29 is 14.3 Å². The van der Waals surface area contributed by atoms with E-state index in [0.29, 0.717) is 19.5 Å². The summed E-state index contributed by atoms with van der Waals surface area (Å²) >= 11 is 0. The minimum atomic E-state index is -0.584. The second kappa shape index (κ2) is 13.0. The summed E-state index contributed by atoms with van der Waals surface area (Å²) in [6.07, 6.45) is 8.42. The van der Waals surface area contributed by atoms with Gasteiger partial charge < -0.3 is 15.0 Å². The summed E-state index contributed by atoms with van der Waals surface area (Å²) in [6.45, 7) is 4.74. The molecule has 2 aromatic carbocycles. The van der Waals surface area contributed by atoms with E-state index < -0.39 is 6.04 Å². The lowest BCUT2D eigenvalue weighted by atomic mass is 9.97. The van der Waals surface area contributed by atoms with Crippen LogP contribution < -0.4 is 10.1 Å². The number of carbonyl (C=O) groups excluding carboxylic acids is 2. The molecule has 1 aliphatic carbocycles. The Hall–Kier alpha value is -3.08. The summed E-state index contributed by atoms with van der Waals surface area (Å²) in [4.78, 5) is 28.6. The van der Waals surface area contributed by atoms with Crippen molar-refractivity contribution in [3.63, 3.8) is 0 Å². The molecule has 0 saturated heterocycles. The first-order valence-corrected chi connectivity index (χ1v) is 12.4. The molecule has 5 heteroatoms. The molecule has 34 heavy (non-hydrogen) atoms. The molecule has 0 saturated carbocycles. The molecule has 0 aliphatic heterocycles. The van der Waals surface area contributed by atoms with Crippen molar-refractivity contribution in [3.8, 4) is 5.75 Å². The Labute approximate surface area is 204 Å². The van der Waals surface area contributed by atoms with Gasteiger partial charge in [0.15, 0.2) is 0 Å². The zero-order chi connectivity index (χ0) is 24.3. The van der Waals surface area contributed by atoms with Crippen LogP contribution in [-0.4, -0.2) is 36.4 Å². The number of methoxy groups -OCH3 is 1. The maximum atomic E-state index is 13.5. The van der Waals surface area contributed by atoms with E-state index in [4.69, 9.17) is 4.74 Å². The second-order valence-corrected chi connectivity index (χ2v) is 9.32. The van der Waals surface area contributed by atoms with Gasteiger partial charge in [-0.3, -0.25) is 9.59 Å². The van der Waals surface area contributed by atoms with Gasteiger partial charge in [0, 0.05) is 25.4 Å². The van der Waals surface area contributed by atoms with Gasteiger partial charge in [0.1, 0.15) is 11.8 Å². The van der Waals surface area contributed by atoms with Crippen LogP contribution in [0.1, 0.15) is 57.1 Å². The number of carbonyl (C=O) groups is 2. The third-order valence-electron chi connectivity index (χ3n) is 6.37. The Morgan fingerprint density at radius 3 is 2.35 bits per heavy atom. The topological polar surface area (TPSA) is 58.6 Å². The predicted molar refractivity (Wildman–Crippen MR) is 136 cm³/mol. The zero-order valence-electron chi connectivity index (χ0n) is 20.8. The fourth-order valence-electron chi connectivity index (χ4n) is 4.38. The first-order chi connectivity index (χ1) is 16.5. The predicted octanol–water partition coefficient (Wildman–Crippen LogP) is 5.30. The van der Waals surface area contributed by atoms with Crippen LogP contribution in [-0.2, 0) is 22.6 Å². The van der Waals surface area contributed by atoms with E-state index in [1.54, 1.807) is 12.0 Å². The lowest BCUT2D eigenvalue weighted by Gasteiger charge is -2.33. The molecular weight excluding hydrogens is 424 g/mol. The number of amides is 2. The Kier molecular flexibility index (Phi) is 9.75. The lowest BCUT2D eigenvalue weighted by Crippen LogP contribution is -2.51. The van der Waals surface area contributed by atoms with E-state index in [1.165, 1.54) is 18.4 Å². The molecule has 0 unspecified atom stereocenters. The number of nitrogens with one attached hydrogen (secondary N) is 1. The fourth-order valence-corrected chi connectivity index (χ4v) is 4.38. The Morgan fingerprint density at radius 1 is 1.00 bits per heavy atom. The number of benzene rings is 2. The SMILES string of the molecule is COc1ccc(CN(C(=O)C(C)C)[C@H](Cc2ccccc2)C(=O)NCCC2=CCCCC2)cc1. The van der Waals surface area contributed by atoms with E-state index in [2.05, 4.69) is 11.4 Å². The summed E-state index contributed by atoms with van der Waals surface area (Å²) in [5, 5.41) is 3.13. The van der Waals surface area contributed by atoms with Gasteiger partial charge in [-0.05, 0) is 55.4 Å². The average molecular weight is 463 g/mol. The summed E-state index contributed by atoms with van der Waals surface area (Å²) in [5.74, 6) is 0.433. The molecule has 1 atom stereocenters. The number of nitrogens with zero attached hydrogens (tertiary/aromatic N) is 1. The number of allylic oxidation sites excluding steroid dienone is 1. The molecule has 0 heterocycles. The van der Waals surface area contributed by atoms with Crippen LogP contribution in [0.2, 0.25) is 0 Å². The number of hydrogen-bond acceptors (Lipinski definition) is 3. The first kappa shape index (κ1) is 25.5. The molecule has 3 rings (SSSR count). The zero-order valence-corrected chi connectivity index (χ0v) is 20.8. The molecule has 1 N–H and O–H groups in total. The molecule has 182 valence electrons. The van der Waals surface area contributed by atoms with Crippen LogP contribution in [0.4, 0.5) is 0 Å². The third kappa shape index (κ3) is 7.47. The van der Waals surface area contributed by atoms with E-state index in [-0.39, 0.29) is 17.7 Å². The molecular formula is C29H38N2O3. The van der Waals surface area contributed by atoms with Gasteiger partial charge in [-0.1, -0.05) is 68.0 Å². The van der Waals surface area contributed by atoms with E-state index in [1.807, 2.05) is 68.4 Å². The molecule has 5 nitrogen and oxygen atoms in total. The highest BCUT2D eigenvalue weighted by atomic mass is 16.5. The highest BCUT2D eigenvalue weighted by molar-refractivity contribution is 5.88. The smallest absolute Gasteiger partial charge is 0.243 e. The standard InChI is InChI=1S/C29H38N2O3/c1-22(2)29(33)31(21-25-14-16-26(34-3)17-15-25)27(20-24-12-8-5-9-13-24)28(32)30-19-18-23-10-6-4-7-11-23/h5,8-10,12-17,22,27H,4,6-7,11,18-21H2,1-3H3,(H,30,32)/t27-/m1/s1. The fraction of sp³-hybridized carbons (Fsp3) is 0.448. The van der Waals surface area contributed by atoms with Crippen molar-refractivity contribution >= 4 is 11.8 Å². The molecule has 0 fully saturated rings. The average Bonchev–Trinajstić information content (AvgIpc) is 2.87. The summed E-state index contributed by atoms with van der Waals surface area (Å²) in [5.41, 5.74) is 3.43. The van der Waals surface area contributed by atoms with Crippen molar-refractivity contribution in [2.24, 2.45) is 5.92 Å². The van der Waals surface area contributed by atoms with Gasteiger partial charge in [0.25, 0.3) is 0 Å². The second-order valence-electron chi connectivity index (χ2n) is 9.32. The first-order valence-electron chi connectivity index (χ1n) is 12.4. The minimum absolute atomic E-state index is 0.0260. The van der Waals surface area contributed by atoms with Crippen LogP contribution in [0.3, 0.4) is 0 Å². The molecule has 1 aliphatic rings. The normalized spacial score (nSPS) is 14.3. The van der Waals surface area contributed by atoms with Crippen LogP contribution >= 0.6 is 0 Å². The van der Waals surface area contributed by atoms with Crippen molar-refractivity contribution in [3.05, 3.63) is 77.4 Å². The van der Waals surface area contributed by atoms with Crippen molar-refractivity contribution in [1.82, 2.24) is 10.2 Å². The molecule has 0 spiro atoms. The highest BCUT2D eigenvalue weighted by Crippen LogP contribution is 2.21. The van der Waals surface area contributed by atoms with E-state index >= 15 is 0 Å². The van der Waals surface area contributed by atoms with Gasteiger partial charge in [-0.25, -0.2) is 0 Å². The number of rotatable bonds is 11. The summed E-state index contributed by atoms with van der Waals surface area (Å²) in [6, 6.07) is 17.0. The van der Waals surface area contributed by atoms with Gasteiger partial charge in [0.05, 0.1) is 7.11 Å². The quantitative estimate of drug-likeness (QED) is 0.461. The van der Waals surface area contributed by atoms with Crippen molar-refractivity contribution in [2.45, 2.75) is 65.0 Å². The summed E-state index contributed by atoms with van der Waals surface area (Å²) < 4.78 is 5.27. The lowest BCUT2D eigenvalue weighted by molar-refractivity contribution is -0.143. The molecule has 2 aromatic rings. The molecule has 0 radical (unpaired) electrons. The summed E-state index contributed by atoms with van der Waals surface area (Å²) in [7, 11) is 1.63. The Bertz CT molecular complexity index is 951. The van der Waals surface area contributed by atoms with Gasteiger partial charge >= 0.3 is 0 Å². The van der Waals surface area contributed by atoms with E-state index in [9.17, 15) is 9.59 Å². The van der Waals surface area contributed by atoms with Gasteiger partial charge in [-0.15, -0.1) is 0 Å². The molecule has 0 aromatic heterocycles. The number of hydrogen-bond donors (Lipinski definition) is 1. The maximum Gasteiger partial charge on any atom is 0.243 e. The largest absolute Gasteiger partial charge is 0.497 e. The number of ether oxygens (including phenoxy) is 1. The maximum absolute atomic E-state index is 13.5. The van der Waals surface area contributed by atoms with Gasteiger partial charge in [0.2, 0.25) is 11.8 Å². The van der Waals surface area contributed by atoms with E-state index in [0.717, 1.165) is 36.1 Å². The highest BCUT2D eigenvalue weighted by Gasteiger charge is 2.31. The van der Waals surface area contributed by atoms with Crippen LogP contribution in [0.25, 0.3) is 0 Å². The van der Waals surface area contributed by atoms with Crippen LogP contribution in [0, 0.1) is 5.92 Å². The molecule has 0 bridgehead atoms. The van der Waals surface area contributed by atoms with Gasteiger partial charge in [-0.2, -0.15) is 0 Å². The minimum Gasteiger partial charge on any atom is -0.497 e. The van der Waals surface area contributed by atoms with Crippen molar-refractivity contribution in [1.29, 1.82) is 0 Å².